The SMILES string of the molecule is CC(O)Cc1ccccc1CO. The predicted octanol–water partition coefficient (Wildman–Crippen LogP) is 1.10. The molecule has 0 saturated carbocycles. The summed E-state index contributed by atoms with van der Waals surface area (Å²) in [5.74, 6) is 0. The Labute approximate surface area is 72.5 Å². The molecule has 0 heterocycles. The van der Waals surface area contributed by atoms with Crippen molar-refractivity contribution in [3.8, 4) is 0 Å². The van der Waals surface area contributed by atoms with Gasteiger partial charge in [0, 0.05) is 0 Å². The van der Waals surface area contributed by atoms with Gasteiger partial charge in [0.2, 0.25) is 0 Å². The maximum Gasteiger partial charge on any atom is 0.0684 e. The van der Waals surface area contributed by atoms with Crippen molar-refractivity contribution in [2.45, 2.75) is 26.1 Å². The predicted molar refractivity (Wildman–Crippen MR) is 47.7 cm³/mol. The van der Waals surface area contributed by atoms with E-state index in [-0.39, 0.29) is 12.7 Å². The second-order valence-corrected chi connectivity index (χ2v) is 2.98. The molecule has 0 amide bonds. The molecule has 0 radical (unpaired) electrons. The van der Waals surface area contributed by atoms with Crippen molar-refractivity contribution in [2.75, 3.05) is 0 Å². The number of aliphatic hydroxyl groups excluding tert-OH is 2. The van der Waals surface area contributed by atoms with Gasteiger partial charge < -0.3 is 10.2 Å². The molecule has 2 heteroatoms. The second kappa shape index (κ2) is 4.24. The van der Waals surface area contributed by atoms with Crippen LogP contribution in [0.2, 0.25) is 0 Å². The van der Waals surface area contributed by atoms with Crippen LogP contribution in [-0.4, -0.2) is 16.3 Å². The second-order valence-electron chi connectivity index (χ2n) is 2.98. The van der Waals surface area contributed by atoms with Gasteiger partial charge >= 0.3 is 0 Å². The Balaban J connectivity index is 2.82. The molecule has 1 aromatic rings. The standard InChI is InChI=1S/C10H14O2/c1-8(12)6-9-4-2-3-5-10(9)7-11/h2-5,8,11-12H,6-7H2,1H3. The molecule has 0 aliphatic heterocycles. The number of rotatable bonds is 3. The minimum Gasteiger partial charge on any atom is -0.393 e. The average Bonchev–Trinajstić information content (AvgIpc) is 2.04. The molecule has 1 atom stereocenters. The summed E-state index contributed by atoms with van der Waals surface area (Å²) in [6.07, 6.45) is 0.259. The highest BCUT2D eigenvalue weighted by atomic mass is 16.3. The van der Waals surface area contributed by atoms with Gasteiger partial charge in [0.15, 0.2) is 0 Å². The van der Waals surface area contributed by atoms with Crippen molar-refractivity contribution >= 4 is 0 Å². The van der Waals surface area contributed by atoms with E-state index in [0.29, 0.717) is 6.42 Å². The van der Waals surface area contributed by atoms with Gasteiger partial charge in [-0.25, -0.2) is 0 Å². The first-order valence-electron chi connectivity index (χ1n) is 4.09. The van der Waals surface area contributed by atoms with Gasteiger partial charge in [-0.05, 0) is 24.5 Å². The van der Waals surface area contributed by atoms with E-state index in [1.54, 1.807) is 6.92 Å². The van der Waals surface area contributed by atoms with Gasteiger partial charge in [-0.2, -0.15) is 0 Å². The Hall–Kier alpha value is -0.860. The van der Waals surface area contributed by atoms with Crippen LogP contribution in [0.15, 0.2) is 24.3 Å². The van der Waals surface area contributed by atoms with Gasteiger partial charge in [0.05, 0.1) is 12.7 Å². The summed E-state index contributed by atoms with van der Waals surface area (Å²) in [4.78, 5) is 0. The quantitative estimate of drug-likeness (QED) is 0.706. The van der Waals surface area contributed by atoms with Gasteiger partial charge in [-0.15, -0.1) is 0 Å². The molecular formula is C10H14O2. The third-order valence-corrected chi connectivity index (χ3v) is 1.80. The molecule has 12 heavy (non-hydrogen) atoms. The van der Waals surface area contributed by atoms with Gasteiger partial charge in [-0.1, -0.05) is 24.3 Å². The zero-order chi connectivity index (χ0) is 8.97. The lowest BCUT2D eigenvalue weighted by molar-refractivity contribution is 0.194. The maximum atomic E-state index is 9.14. The van der Waals surface area contributed by atoms with Gasteiger partial charge in [0.25, 0.3) is 0 Å². The van der Waals surface area contributed by atoms with Crippen molar-refractivity contribution in [3.05, 3.63) is 35.4 Å². The Kier molecular flexibility index (Phi) is 3.26. The van der Waals surface area contributed by atoms with Crippen molar-refractivity contribution in [2.24, 2.45) is 0 Å². The summed E-state index contributed by atoms with van der Waals surface area (Å²) in [6.45, 7) is 1.79. The normalized spacial score (nSPS) is 12.9. The molecule has 0 aliphatic carbocycles. The number of hydrogen-bond acceptors (Lipinski definition) is 2. The highest BCUT2D eigenvalue weighted by Crippen LogP contribution is 2.10. The van der Waals surface area contributed by atoms with Crippen molar-refractivity contribution in [1.29, 1.82) is 0 Å². The van der Waals surface area contributed by atoms with Crippen LogP contribution in [0, 0.1) is 0 Å². The monoisotopic (exact) mass is 166 g/mol. The van der Waals surface area contributed by atoms with Crippen LogP contribution in [0.4, 0.5) is 0 Å². The molecule has 1 rings (SSSR count). The molecule has 1 unspecified atom stereocenters. The Morgan fingerprint density at radius 1 is 1.25 bits per heavy atom. The molecule has 1 aromatic carbocycles. The van der Waals surface area contributed by atoms with Crippen molar-refractivity contribution < 1.29 is 10.2 Å². The molecule has 0 aromatic heterocycles. The van der Waals surface area contributed by atoms with E-state index in [1.165, 1.54) is 0 Å². The molecule has 0 fully saturated rings. The van der Waals surface area contributed by atoms with Crippen LogP contribution < -0.4 is 0 Å². The fourth-order valence-corrected chi connectivity index (χ4v) is 1.23. The lowest BCUT2D eigenvalue weighted by atomic mass is 10.0. The Bertz CT molecular complexity index is 243. The average molecular weight is 166 g/mol. The molecule has 0 saturated heterocycles. The zero-order valence-electron chi connectivity index (χ0n) is 7.20. The highest BCUT2D eigenvalue weighted by molar-refractivity contribution is 5.26. The minimum absolute atomic E-state index is 0.0445. The third kappa shape index (κ3) is 2.32. The first kappa shape index (κ1) is 9.23. The molecule has 2 N–H and O–H groups in total. The van der Waals surface area contributed by atoms with Crippen LogP contribution in [0.25, 0.3) is 0 Å². The van der Waals surface area contributed by atoms with E-state index < -0.39 is 0 Å². The van der Waals surface area contributed by atoms with Crippen LogP contribution in [0.5, 0.6) is 0 Å². The molecule has 0 spiro atoms. The largest absolute Gasteiger partial charge is 0.393 e. The Morgan fingerprint density at radius 3 is 2.33 bits per heavy atom. The molecular weight excluding hydrogens is 152 g/mol. The summed E-state index contributed by atoms with van der Waals surface area (Å²) in [6, 6.07) is 7.60. The fourth-order valence-electron chi connectivity index (χ4n) is 1.23. The molecule has 0 bridgehead atoms. The number of benzene rings is 1. The smallest absolute Gasteiger partial charge is 0.0684 e. The van der Waals surface area contributed by atoms with E-state index in [4.69, 9.17) is 10.2 Å². The molecule has 2 nitrogen and oxygen atoms in total. The fraction of sp³-hybridized carbons (Fsp3) is 0.400. The Morgan fingerprint density at radius 2 is 1.83 bits per heavy atom. The van der Waals surface area contributed by atoms with Crippen LogP contribution in [-0.2, 0) is 13.0 Å². The summed E-state index contributed by atoms with van der Waals surface area (Å²) in [5.41, 5.74) is 1.92. The summed E-state index contributed by atoms with van der Waals surface area (Å²) in [5, 5.41) is 18.1. The summed E-state index contributed by atoms with van der Waals surface area (Å²) < 4.78 is 0. The van der Waals surface area contributed by atoms with Crippen molar-refractivity contribution in [3.63, 3.8) is 0 Å². The summed E-state index contributed by atoms with van der Waals surface area (Å²) in [7, 11) is 0. The van der Waals surface area contributed by atoms with E-state index in [2.05, 4.69) is 0 Å². The summed E-state index contributed by atoms with van der Waals surface area (Å²) >= 11 is 0. The van der Waals surface area contributed by atoms with Crippen LogP contribution in [0.1, 0.15) is 18.1 Å². The van der Waals surface area contributed by atoms with Gasteiger partial charge in [0.1, 0.15) is 0 Å². The van der Waals surface area contributed by atoms with Crippen LogP contribution in [0.3, 0.4) is 0 Å². The number of aliphatic hydroxyl groups is 2. The molecule has 66 valence electrons. The minimum atomic E-state index is -0.349. The number of hydrogen-bond donors (Lipinski definition) is 2. The van der Waals surface area contributed by atoms with E-state index >= 15 is 0 Å². The van der Waals surface area contributed by atoms with E-state index in [0.717, 1.165) is 11.1 Å². The van der Waals surface area contributed by atoms with Crippen LogP contribution >= 0.6 is 0 Å². The first-order valence-corrected chi connectivity index (χ1v) is 4.09. The lowest BCUT2D eigenvalue weighted by Crippen LogP contribution is -2.06. The highest BCUT2D eigenvalue weighted by Gasteiger charge is 2.02. The first-order chi connectivity index (χ1) is 5.74. The van der Waals surface area contributed by atoms with E-state index in [9.17, 15) is 0 Å². The third-order valence-electron chi connectivity index (χ3n) is 1.80. The van der Waals surface area contributed by atoms with Gasteiger partial charge in [-0.3, -0.25) is 0 Å². The van der Waals surface area contributed by atoms with Crippen molar-refractivity contribution in [1.82, 2.24) is 0 Å². The van der Waals surface area contributed by atoms with E-state index in [1.807, 2.05) is 24.3 Å². The maximum absolute atomic E-state index is 9.14. The lowest BCUT2D eigenvalue weighted by Gasteiger charge is -2.08. The molecule has 0 aliphatic rings. The zero-order valence-corrected chi connectivity index (χ0v) is 7.20. The topological polar surface area (TPSA) is 40.5 Å².